The van der Waals surface area contributed by atoms with Crippen LogP contribution in [0.3, 0.4) is 0 Å². The molecular formula is C17H18O2. The summed E-state index contributed by atoms with van der Waals surface area (Å²) < 4.78 is 5.45. The van der Waals surface area contributed by atoms with Gasteiger partial charge in [-0.05, 0) is 22.8 Å². The van der Waals surface area contributed by atoms with Crippen molar-refractivity contribution in [3.8, 4) is 0 Å². The minimum atomic E-state index is 0.0490. The third kappa shape index (κ3) is 4.36. The lowest BCUT2D eigenvalue weighted by Gasteiger charge is -2.09. The average Bonchev–Trinajstić information content (AvgIpc) is 2.48. The SMILES string of the molecule is OCCOC/C(=C\c1ccccc1)c1ccccc1. The molecule has 0 fully saturated rings. The molecule has 0 atom stereocenters. The Hall–Kier alpha value is -1.90. The van der Waals surface area contributed by atoms with Crippen LogP contribution in [0.2, 0.25) is 0 Å². The van der Waals surface area contributed by atoms with Crippen molar-refractivity contribution in [2.75, 3.05) is 19.8 Å². The Balaban J connectivity index is 2.22. The second kappa shape index (κ2) is 7.52. The lowest BCUT2D eigenvalue weighted by molar-refractivity contribution is 0.115. The number of hydrogen-bond donors (Lipinski definition) is 1. The molecule has 0 amide bonds. The lowest BCUT2D eigenvalue weighted by Crippen LogP contribution is -2.02. The molecule has 0 aliphatic carbocycles. The molecule has 0 saturated heterocycles. The topological polar surface area (TPSA) is 29.5 Å². The van der Waals surface area contributed by atoms with Gasteiger partial charge in [-0.2, -0.15) is 0 Å². The molecule has 2 nitrogen and oxygen atoms in total. The maximum Gasteiger partial charge on any atom is 0.0724 e. The van der Waals surface area contributed by atoms with Gasteiger partial charge in [-0.25, -0.2) is 0 Å². The summed E-state index contributed by atoms with van der Waals surface area (Å²) in [6.07, 6.45) is 2.12. The Morgan fingerprint density at radius 3 is 2.21 bits per heavy atom. The normalized spacial score (nSPS) is 11.5. The first-order valence-corrected chi connectivity index (χ1v) is 6.40. The molecule has 2 aromatic carbocycles. The summed E-state index contributed by atoms with van der Waals surface area (Å²) in [5.74, 6) is 0. The summed E-state index contributed by atoms with van der Waals surface area (Å²) in [6.45, 7) is 0.909. The second-order valence-electron chi connectivity index (χ2n) is 4.22. The smallest absolute Gasteiger partial charge is 0.0724 e. The average molecular weight is 254 g/mol. The molecule has 0 heterocycles. The summed E-state index contributed by atoms with van der Waals surface area (Å²) in [4.78, 5) is 0. The lowest BCUT2D eigenvalue weighted by atomic mass is 10.0. The number of aliphatic hydroxyl groups is 1. The molecule has 98 valence electrons. The van der Waals surface area contributed by atoms with Crippen LogP contribution in [0.4, 0.5) is 0 Å². The van der Waals surface area contributed by atoms with Gasteiger partial charge in [0.15, 0.2) is 0 Å². The van der Waals surface area contributed by atoms with Crippen LogP contribution in [-0.4, -0.2) is 24.9 Å². The fourth-order valence-corrected chi connectivity index (χ4v) is 1.86. The molecule has 0 saturated carbocycles. The first-order valence-electron chi connectivity index (χ1n) is 6.40. The molecule has 0 spiro atoms. The summed E-state index contributed by atoms with van der Waals surface area (Å²) in [7, 11) is 0. The van der Waals surface area contributed by atoms with E-state index < -0.39 is 0 Å². The van der Waals surface area contributed by atoms with Crippen molar-refractivity contribution in [1.29, 1.82) is 0 Å². The highest BCUT2D eigenvalue weighted by molar-refractivity contribution is 5.82. The number of aliphatic hydroxyl groups excluding tert-OH is 1. The van der Waals surface area contributed by atoms with E-state index in [9.17, 15) is 0 Å². The van der Waals surface area contributed by atoms with Gasteiger partial charge < -0.3 is 9.84 Å². The number of rotatable bonds is 6. The fraction of sp³-hybridized carbons (Fsp3) is 0.176. The Kier molecular flexibility index (Phi) is 5.35. The third-order valence-electron chi connectivity index (χ3n) is 2.78. The highest BCUT2D eigenvalue weighted by Gasteiger charge is 2.02. The van der Waals surface area contributed by atoms with E-state index in [-0.39, 0.29) is 6.61 Å². The van der Waals surface area contributed by atoms with Crippen LogP contribution in [-0.2, 0) is 4.74 Å². The van der Waals surface area contributed by atoms with E-state index in [1.807, 2.05) is 36.4 Å². The zero-order valence-electron chi connectivity index (χ0n) is 10.8. The molecule has 1 N–H and O–H groups in total. The van der Waals surface area contributed by atoms with Gasteiger partial charge in [-0.3, -0.25) is 0 Å². The molecule has 0 aliphatic heterocycles. The molecular weight excluding hydrogens is 236 g/mol. The van der Waals surface area contributed by atoms with E-state index in [0.29, 0.717) is 13.2 Å². The van der Waals surface area contributed by atoms with Gasteiger partial charge in [0, 0.05) is 0 Å². The van der Waals surface area contributed by atoms with Gasteiger partial charge in [0.05, 0.1) is 19.8 Å². The molecule has 0 bridgehead atoms. The van der Waals surface area contributed by atoms with E-state index in [1.54, 1.807) is 0 Å². The predicted octanol–water partition coefficient (Wildman–Crippen LogP) is 3.24. The summed E-state index contributed by atoms with van der Waals surface area (Å²) in [5, 5.41) is 8.79. The Labute approximate surface area is 114 Å². The van der Waals surface area contributed by atoms with E-state index in [4.69, 9.17) is 9.84 Å². The molecule has 19 heavy (non-hydrogen) atoms. The van der Waals surface area contributed by atoms with Crippen molar-refractivity contribution in [3.63, 3.8) is 0 Å². The standard InChI is InChI=1S/C17H18O2/c18-11-12-19-14-17(16-9-5-2-6-10-16)13-15-7-3-1-4-8-15/h1-10,13,18H,11-12,14H2/b17-13+. The molecule has 0 aromatic heterocycles. The van der Waals surface area contributed by atoms with Gasteiger partial charge in [-0.1, -0.05) is 60.7 Å². The van der Waals surface area contributed by atoms with Crippen molar-refractivity contribution in [2.24, 2.45) is 0 Å². The largest absolute Gasteiger partial charge is 0.394 e. The van der Waals surface area contributed by atoms with Gasteiger partial charge in [0.2, 0.25) is 0 Å². The van der Waals surface area contributed by atoms with E-state index >= 15 is 0 Å². The second-order valence-corrected chi connectivity index (χ2v) is 4.22. The Morgan fingerprint density at radius 1 is 0.947 bits per heavy atom. The van der Waals surface area contributed by atoms with Crippen LogP contribution >= 0.6 is 0 Å². The van der Waals surface area contributed by atoms with E-state index in [2.05, 4.69) is 30.3 Å². The third-order valence-corrected chi connectivity index (χ3v) is 2.78. The van der Waals surface area contributed by atoms with Crippen LogP contribution < -0.4 is 0 Å². The number of hydrogen-bond acceptors (Lipinski definition) is 2. The van der Waals surface area contributed by atoms with Crippen molar-refractivity contribution in [1.82, 2.24) is 0 Å². The van der Waals surface area contributed by atoms with E-state index in [1.165, 1.54) is 0 Å². The van der Waals surface area contributed by atoms with Crippen LogP contribution in [0, 0.1) is 0 Å². The molecule has 0 radical (unpaired) electrons. The highest BCUT2D eigenvalue weighted by Crippen LogP contribution is 2.18. The van der Waals surface area contributed by atoms with Gasteiger partial charge in [0.1, 0.15) is 0 Å². The first-order chi connectivity index (χ1) is 9.40. The van der Waals surface area contributed by atoms with Gasteiger partial charge >= 0.3 is 0 Å². The van der Waals surface area contributed by atoms with Crippen LogP contribution in [0.25, 0.3) is 11.6 Å². The van der Waals surface area contributed by atoms with Gasteiger partial charge in [-0.15, -0.1) is 0 Å². The predicted molar refractivity (Wildman–Crippen MR) is 78.7 cm³/mol. The number of ether oxygens (including phenoxy) is 1. The zero-order chi connectivity index (χ0) is 13.3. The zero-order valence-corrected chi connectivity index (χ0v) is 10.8. The fourth-order valence-electron chi connectivity index (χ4n) is 1.86. The number of benzene rings is 2. The summed E-state index contributed by atoms with van der Waals surface area (Å²) in [6, 6.07) is 20.3. The van der Waals surface area contributed by atoms with Crippen molar-refractivity contribution in [2.45, 2.75) is 0 Å². The minimum absolute atomic E-state index is 0.0490. The van der Waals surface area contributed by atoms with Crippen LogP contribution in [0.1, 0.15) is 11.1 Å². The Morgan fingerprint density at radius 2 is 1.58 bits per heavy atom. The molecule has 2 rings (SSSR count). The highest BCUT2D eigenvalue weighted by atomic mass is 16.5. The van der Waals surface area contributed by atoms with Crippen molar-refractivity contribution in [3.05, 3.63) is 71.8 Å². The first kappa shape index (κ1) is 13.5. The quantitative estimate of drug-likeness (QED) is 0.633. The van der Waals surface area contributed by atoms with Crippen LogP contribution in [0.5, 0.6) is 0 Å². The summed E-state index contributed by atoms with van der Waals surface area (Å²) in [5.41, 5.74) is 3.40. The monoisotopic (exact) mass is 254 g/mol. The van der Waals surface area contributed by atoms with Crippen molar-refractivity contribution >= 4 is 11.6 Å². The maximum atomic E-state index is 8.79. The van der Waals surface area contributed by atoms with E-state index in [0.717, 1.165) is 16.7 Å². The van der Waals surface area contributed by atoms with Crippen LogP contribution in [0.15, 0.2) is 60.7 Å². The molecule has 2 aromatic rings. The maximum absolute atomic E-state index is 8.79. The summed E-state index contributed by atoms with van der Waals surface area (Å²) >= 11 is 0. The molecule has 2 heteroatoms. The molecule has 0 unspecified atom stereocenters. The van der Waals surface area contributed by atoms with Gasteiger partial charge in [0.25, 0.3) is 0 Å². The Bertz CT molecular complexity index is 503. The molecule has 0 aliphatic rings. The minimum Gasteiger partial charge on any atom is -0.394 e. The van der Waals surface area contributed by atoms with Crippen molar-refractivity contribution < 1.29 is 9.84 Å².